The lowest BCUT2D eigenvalue weighted by Crippen LogP contribution is -2.38. The number of hydrogen-bond donors (Lipinski definition) is 1. The number of aliphatic hydroxyl groups excluding tert-OH is 1. The molecular formula is C50H57N2O2+. The number of carbonyl (C=O) groups is 1. The number of benzene rings is 4. The summed E-state index contributed by atoms with van der Waals surface area (Å²) in [5, 5.41) is 17.3. The summed E-state index contributed by atoms with van der Waals surface area (Å²) in [6.07, 6.45) is 17.8. The fraction of sp³-hybridized carbons (Fsp3) is 0.440. The van der Waals surface area contributed by atoms with Crippen molar-refractivity contribution in [1.82, 2.24) is 0 Å². The first-order valence-electron chi connectivity index (χ1n) is 21.1. The number of hydrogen-bond acceptors (Lipinski definition) is 3. The predicted octanol–water partition coefficient (Wildman–Crippen LogP) is 12.3. The fourth-order valence-corrected chi connectivity index (χ4v) is 11.0. The van der Waals surface area contributed by atoms with Gasteiger partial charge in [0, 0.05) is 47.5 Å². The van der Waals surface area contributed by atoms with E-state index in [1.165, 1.54) is 94.0 Å². The molecule has 4 nitrogen and oxygen atoms in total. The van der Waals surface area contributed by atoms with Gasteiger partial charge < -0.3 is 10.0 Å². The monoisotopic (exact) mass is 717 g/mol. The van der Waals surface area contributed by atoms with Crippen LogP contribution in [0.2, 0.25) is 0 Å². The zero-order valence-corrected chi connectivity index (χ0v) is 32.9. The van der Waals surface area contributed by atoms with Gasteiger partial charge in [-0.2, -0.15) is 4.58 Å². The van der Waals surface area contributed by atoms with Gasteiger partial charge in [0.05, 0.1) is 16.6 Å². The summed E-state index contributed by atoms with van der Waals surface area (Å²) in [6, 6.07) is 26.9. The Morgan fingerprint density at radius 3 is 1.93 bits per heavy atom. The van der Waals surface area contributed by atoms with Gasteiger partial charge in [-0.3, -0.25) is 4.79 Å². The number of carbonyl (C=O) groups excluding carboxylic acids is 1. The van der Waals surface area contributed by atoms with Gasteiger partial charge in [0.15, 0.2) is 5.71 Å². The Morgan fingerprint density at radius 1 is 0.704 bits per heavy atom. The van der Waals surface area contributed by atoms with Crippen LogP contribution in [0, 0.1) is 11.8 Å². The van der Waals surface area contributed by atoms with Gasteiger partial charge in [-0.25, -0.2) is 0 Å². The summed E-state index contributed by atoms with van der Waals surface area (Å²) < 4.78 is 2.53. The second-order valence-electron chi connectivity index (χ2n) is 17.9. The Morgan fingerprint density at radius 2 is 1.30 bits per heavy atom. The molecule has 2 aliphatic heterocycles. The van der Waals surface area contributed by atoms with Gasteiger partial charge >= 0.3 is 0 Å². The fourth-order valence-electron chi connectivity index (χ4n) is 11.0. The number of ketones is 1. The van der Waals surface area contributed by atoms with Crippen molar-refractivity contribution in [2.45, 2.75) is 116 Å². The average Bonchev–Trinajstić information content (AvgIpc) is 3.59. The summed E-state index contributed by atoms with van der Waals surface area (Å²) in [5.74, 6) is 1.27. The summed E-state index contributed by atoms with van der Waals surface area (Å²) in [7, 11) is 0. The van der Waals surface area contributed by atoms with Crippen molar-refractivity contribution >= 4 is 44.4 Å². The zero-order chi connectivity index (χ0) is 37.2. The molecule has 4 heteroatoms. The van der Waals surface area contributed by atoms with Gasteiger partial charge in [0.1, 0.15) is 12.3 Å². The van der Waals surface area contributed by atoms with E-state index in [0.29, 0.717) is 23.0 Å². The minimum absolute atomic E-state index is 0.0151. The number of fused-ring (bicyclic) bond motifs is 8. The molecule has 2 heterocycles. The van der Waals surface area contributed by atoms with E-state index in [1.807, 2.05) is 0 Å². The Kier molecular flexibility index (Phi) is 8.95. The van der Waals surface area contributed by atoms with Crippen LogP contribution in [0.25, 0.3) is 21.5 Å². The van der Waals surface area contributed by atoms with Gasteiger partial charge in [-0.15, -0.1) is 0 Å². The second kappa shape index (κ2) is 13.7. The normalized spacial score (nSPS) is 21.9. The molecular weight excluding hydrogens is 661 g/mol. The number of allylic oxidation sites excluding steroid dienone is 5. The van der Waals surface area contributed by atoms with Crippen LogP contribution in [0.5, 0.6) is 0 Å². The van der Waals surface area contributed by atoms with E-state index in [4.69, 9.17) is 0 Å². The van der Waals surface area contributed by atoms with Crippen LogP contribution in [-0.4, -0.2) is 34.3 Å². The molecule has 9 rings (SSSR count). The molecule has 4 aromatic rings. The highest BCUT2D eigenvalue weighted by atomic mass is 16.3. The highest BCUT2D eigenvalue weighted by Crippen LogP contribution is 2.58. The largest absolute Gasteiger partial charge is 0.506 e. The molecule has 54 heavy (non-hydrogen) atoms. The molecule has 0 saturated heterocycles. The van der Waals surface area contributed by atoms with Crippen molar-refractivity contribution in [3.8, 4) is 0 Å². The van der Waals surface area contributed by atoms with Gasteiger partial charge in [0.2, 0.25) is 11.5 Å². The van der Waals surface area contributed by atoms with Gasteiger partial charge in [-0.05, 0) is 89.3 Å². The lowest BCUT2D eigenvalue weighted by atomic mass is 9.65. The summed E-state index contributed by atoms with van der Waals surface area (Å²) >= 11 is 0. The molecule has 2 spiro atoms. The van der Waals surface area contributed by atoms with E-state index in [1.54, 1.807) is 0 Å². The van der Waals surface area contributed by atoms with Crippen LogP contribution in [0.4, 0.5) is 11.4 Å². The standard InChI is InChI=1S/C50H56N2O2/c1-33(2)23-29-51-41-21-19-35-15-7-9-17-37(35)45(41)49(25-11-5-12-26-49)43(51)31-39-47(53)40(48(39)54)32-44-50(27-13-6-14-28-50)46-38-18-10-8-16-36(38)20-22-42(46)52(44)30-24-34(3)4/h7-10,15-22,31-34H,5-6,11-14,23-30H2,1-4H3/p+1. The third-order valence-electron chi connectivity index (χ3n) is 13.8. The Bertz CT molecular complexity index is 2290. The van der Waals surface area contributed by atoms with E-state index >= 15 is 0 Å². The molecule has 278 valence electrons. The molecule has 4 aromatic carbocycles. The van der Waals surface area contributed by atoms with E-state index < -0.39 is 0 Å². The summed E-state index contributed by atoms with van der Waals surface area (Å²) in [6.45, 7) is 11.0. The number of rotatable bonds is 8. The minimum atomic E-state index is -0.166. The third kappa shape index (κ3) is 5.45. The lowest BCUT2D eigenvalue weighted by molar-refractivity contribution is -0.439. The van der Waals surface area contributed by atoms with E-state index in [0.717, 1.165) is 51.6 Å². The van der Waals surface area contributed by atoms with Crippen LogP contribution in [-0.2, 0) is 15.6 Å². The first-order valence-corrected chi connectivity index (χ1v) is 21.1. The van der Waals surface area contributed by atoms with Crippen LogP contribution in [0.3, 0.4) is 0 Å². The summed E-state index contributed by atoms with van der Waals surface area (Å²) in [4.78, 5) is 17.2. The maximum atomic E-state index is 14.6. The van der Waals surface area contributed by atoms with E-state index in [9.17, 15) is 9.90 Å². The topological polar surface area (TPSA) is 43.5 Å². The van der Waals surface area contributed by atoms with Crippen molar-refractivity contribution in [1.29, 1.82) is 0 Å². The van der Waals surface area contributed by atoms with Crippen LogP contribution in [0.15, 0.2) is 108 Å². The molecule has 0 unspecified atom stereocenters. The molecule has 0 amide bonds. The Balaban J connectivity index is 1.20. The first-order chi connectivity index (χ1) is 26.2. The molecule has 2 fully saturated rings. The molecule has 0 bridgehead atoms. The maximum absolute atomic E-state index is 14.6. The molecule has 2 saturated carbocycles. The smallest absolute Gasteiger partial charge is 0.210 e. The van der Waals surface area contributed by atoms with Gasteiger partial charge in [0.25, 0.3) is 0 Å². The number of nitrogens with zero attached hydrogens (tertiary/aromatic N) is 2. The van der Waals surface area contributed by atoms with Crippen LogP contribution >= 0.6 is 0 Å². The SMILES string of the molecule is CC(C)CCN1C(=CC2=C(O)C(=CC3=[N+](CCC(C)C)c4ccc5ccccc5c4C34CCCCC4)C2=O)C2(CCCCC2)c2c1ccc1ccccc21. The highest BCUT2D eigenvalue weighted by molar-refractivity contribution is 6.24. The third-order valence-corrected chi connectivity index (χ3v) is 13.8. The minimum Gasteiger partial charge on any atom is -0.506 e. The second-order valence-corrected chi connectivity index (χ2v) is 17.9. The maximum Gasteiger partial charge on any atom is 0.210 e. The van der Waals surface area contributed by atoms with Crippen molar-refractivity contribution in [2.24, 2.45) is 11.8 Å². The summed E-state index contributed by atoms with van der Waals surface area (Å²) in [5.41, 5.74) is 8.53. The average molecular weight is 718 g/mol. The van der Waals surface area contributed by atoms with Crippen molar-refractivity contribution in [2.75, 3.05) is 18.0 Å². The van der Waals surface area contributed by atoms with E-state index in [2.05, 4.69) is 122 Å². The highest BCUT2D eigenvalue weighted by Gasteiger charge is 2.54. The van der Waals surface area contributed by atoms with Gasteiger partial charge in [-0.1, -0.05) is 121 Å². The molecule has 0 aromatic heterocycles. The number of aliphatic hydroxyl groups is 1. The number of Topliss-reactive ketones (excluding diaryl/α,β-unsaturated/α-hetero) is 1. The quantitative estimate of drug-likeness (QED) is 0.146. The number of anilines is 1. The zero-order valence-electron chi connectivity index (χ0n) is 32.9. The van der Waals surface area contributed by atoms with E-state index in [-0.39, 0.29) is 22.4 Å². The predicted molar refractivity (Wildman–Crippen MR) is 224 cm³/mol. The van der Waals surface area contributed by atoms with Crippen LogP contribution in [0.1, 0.15) is 116 Å². The molecule has 0 radical (unpaired) electrons. The van der Waals surface area contributed by atoms with Crippen molar-refractivity contribution in [3.63, 3.8) is 0 Å². The molecule has 5 aliphatic rings. The first kappa shape index (κ1) is 35.3. The Hall–Kier alpha value is -4.44. The molecule has 1 N–H and O–H groups in total. The van der Waals surface area contributed by atoms with Crippen molar-refractivity contribution in [3.05, 3.63) is 119 Å². The molecule has 3 aliphatic carbocycles. The molecule has 0 atom stereocenters. The lowest BCUT2D eigenvalue weighted by Gasteiger charge is -2.38. The van der Waals surface area contributed by atoms with Crippen molar-refractivity contribution < 1.29 is 14.5 Å². The Labute approximate surface area is 322 Å². The van der Waals surface area contributed by atoms with Crippen LogP contribution < -0.4 is 4.90 Å².